The van der Waals surface area contributed by atoms with Gasteiger partial charge in [-0.3, -0.25) is 14.9 Å². The Morgan fingerprint density at radius 1 is 0.969 bits per heavy atom. The van der Waals surface area contributed by atoms with Gasteiger partial charge in [-0.1, -0.05) is 58.4 Å². The van der Waals surface area contributed by atoms with Crippen LogP contribution in [0.15, 0.2) is 76.8 Å². The van der Waals surface area contributed by atoms with Crippen LogP contribution in [0.4, 0.5) is 14.9 Å². The molecule has 3 aromatic carbocycles. The summed E-state index contributed by atoms with van der Waals surface area (Å²) >= 11 is 3.49. The SMILES string of the molecule is Cc1cccc(N2C(=O)NC(=O)/C(=C\c3ccc(Cc4ccccc4F)c(Br)c3)C2=O)c1. The van der Waals surface area contributed by atoms with Crippen LogP contribution in [-0.2, 0) is 16.0 Å². The average molecular weight is 493 g/mol. The van der Waals surface area contributed by atoms with E-state index in [0.717, 1.165) is 16.0 Å². The first kappa shape index (κ1) is 21.6. The Labute approximate surface area is 192 Å². The summed E-state index contributed by atoms with van der Waals surface area (Å²) in [7, 11) is 0. The fourth-order valence-electron chi connectivity index (χ4n) is 3.47. The standard InChI is InChI=1S/C25H18BrFN2O3/c1-15-5-4-7-19(11-15)29-24(31)20(23(30)28-25(29)32)12-16-9-10-17(21(26)13-16)14-18-6-2-3-8-22(18)27/h2-13H,14H2,1H3,(H,28,30,32)/b20-12+. The summed E-state index contributed by atoms with van der Waals surface area (Å²) in [4.78, 5) is 38.7. The topological polar surface area (TPSA) is 66.5 Å². The van der Waals surface area contributed by atoms with E-state index in [1.165, 1.54) is 12.1 Å². The highest BCUT2D eigenvalue weighted by atomic mass is 79.9. The van der Waals surface area contributed by atoms with E-state index in [0.29, 0.717) is 27.7 Å². The monoisotopic (exact) mass is 492 g/mol. The number of rotatable bonds is 4. The Kier molecular flexibility index (Phi) is 6.01. The van der Waals surface area contributed by atoms with E-state index in [9.17, 15) is 18.8 Å². The van der Waals surface area contributed by atoms with Gasteiger partial charge in [0.2, 0.25) is 0 Å². The first-order valence-electron chi connectivity index (χ1n) is 9.83. The lowest BCUT2D eigenvalue weighted by atomic mass is 10.0. The minimum absolute atomic E-state index is 0.153. The molecule has 32 heavy (non-hydrogen) atoms. The number of barbiturate groups is 1. The van der Waals surface area contributed by atoms with Gasteiger partial charge in [-0.05, 0) is 59.5 Å². The summed E-state index contributed by atoms with van der Waals surface area (Å²) in [5.41, 5.74) is 3.11. The molecule has 0 radical (unpaired) electrons. The van der Waals surface area contributed by atoms with Gasteiger partial charge in [-0.25, -0.2) is 14.1 Å². The van der Waals surface area contributed by atoms with E-state index in [-0.39, 0.29) is 11.4 Å². The van der Waals surface area contributed by atoms with E-state index >= 15 is 0 Å². The quantitative estimate of drug-likeness (QED) is 0.404. The van der Waals surface area contributed by atoms with Gasteiger partial charge in [0.05, 0.1) is 5.69 Å². The van der Waals surface area contributed by atoms with Crippen molar-refractivity contribution in [1.29, 1.82) is 0 Å². The Morgan fingerprint density at radius 3 is 2.47 bits per heavy atom. The van der Waals surface area contributed by atoms with Crippen LogP contribution in [0, 0.1) is 12.7 Å². The number of anilines is 1. The van der Waals surface area contributed by atoms with Crippen molar-refractivity contribution >= 4 is 45.5 Å². The number of hydrogen-bond donors (Lipinski definition) is 1. The molecule has 160 valence electrons. The van der Waals surface area contributed by atoms with Crippen molar-refractivity contribution in [3.8, 4) is 0 Å². The molecule has 0 aromatic heterocycles. The van der Waals surface area contributed by atoms with Crippen LogP contribution in [0.5, 0.6) is 0 Å². The van der Waals surface area contributed by atoms with Crippen LogP contribution in [0.2, 0.25) is 0 Å². The second-order valence-corrected chi connectivity index (χ2v) is 8.27. The number of carbonyl (C=O) groups is 3. The third kappa shape index (κ3) is 4.38. The number of nitrogens with zero attached hydrogens (tertiary/aromatic N) is 1. The molecule has 3 aromatic rings. The maximum Gasteiger partial charge on any atom is 0.335 e. The van der Waals surface area contributed by atoms with Crippen molar-refractivity contribution in [2.45, 2.75) is 13.3 Å². The molecule has 1 heterocycles. The molecule has 1 fully saturated rings. The Bertz CT molecular complexity index is 1290. The first-order valence-corrected chi connectivity index (χ1v) is 10.6. The molecule has 0 bridgehead atoms. The average Bonchev–Trinajstić information content (AvgIpc) is 2.74. The first-order chi connectivity index (χ1) is 15.3. The summed E-state index contributed by atoms with van der Waals surface area (Å²) in [5.74, 6) is -1.73. The molecule has 0 unspecified atom stereocenters. The van der Waals surface area contributed by atoms with Gasteiger partial charge in [-0.2, -0.15) is 0 Å². The lowest BCUT2D eigenvalue weighted by Gasteiger charge is -2.26. The van der Waals surface area contributed by atoms with Gasteiger partial charge in [0.25, 0.3) is 11.8 Å². The third-order valence-corrected chi connectivity index (χ3v) is 5.83. The number of amides is 4. The van der Waals surface area contributed by atoms with E-state index in [2.05, 4.69) is 21.2 Å². The number of nitrogens with one attached hydrogen (secondary N) is 1. The number of benzene rings is 3. The number of carbonyl (C=O) groups excluding carboxylic acids is 3. The van der Waals surface area contributed by atoms with E-state index < -0.39 is 17.8 Å². The van der Waals surface area contributed by atoms with Gasteiger partial charge >= 0.3 is 6.03 Å². The van der Waals surface area contributed by atoms with Crippen LogP contribution in [0.1, 0.15) is 22.3 Å². The van der Waals surface area contributed by atoms with Gasteiger partial charge in [0.15, 0.2) is 0 Å². The summed E-state index contributed by atoms with van der Waals surface area (Å²) < 4.78 is 14.7. The molecule has 5 nitrogen and oxygen atoms in total. The van der Waals surface area contributed by atoms with Crippen molar-refractivity contribution < 1.29 is 18.8 Å². The van der Waals surface area contributed by atoms with Crippen LogP contribution >= 0.6 is 15.9 Å². The summed E-state index contributed by atoms with van der Waals surface area (Å²) in [6.45, 7) is 1.85. The maximum absolute atomic E-state index is 14.0. The molecular weight excluding hydrogens is 475 g/mol. The van der Waals surface area contributed by atoms with E-state index in [4.69, 9.17) is 0 Å². The van der Waals surface area contributed by atoms with E-state index in [1.807, 2.05) is 13.0 Å². The highest BCUT2D eigenvalue weighted by Gasteiger charge is 2.36. The molecule has 0 saturated carbocycles. The Balaban J connectivity index is 1.64. The summed E-state index contributed by atoms with van der Waals surface area (Å²) in [6.07, 6.45) is 1.82. The number of halogens is 2. The summed E-state index contributed by atoms with van der Waals surface area (Å²) in [6, 6.07) is 18.0. The summed E-state index contributed by atoms with van der Waals surface area (Å²) in [5, 5.41) is 2.22. The number of aryl methyl sites for hydroxylation is 1. The molecule has 1 N–H and O–H groups in total. The number of imide groups is 2. The van der Waals surface area contributed by atoms with Crippen molar-refractivity contribution in [3.05, 3.63) is 105 Å². The third-order valence-electron chi connectivity index (χ3n) is 5.09. The van der Waals surface area contributed by atoms with Gasteiger partial charge < -0.3 is 0 Å². The predicted molar refractivity (Wildman–Crippen MR) is 124 cm³/mol. The molecular formula is C25H18BrFN2O3. The zero-order chi connectivity index (χ0) is 22.8. The van der Waals surface area contributed by atoms with Crippen molar-refractivity contribution in [3.63, 3.8) is 0 Å². The molecule has 4 rings (SSSR count). The van der Waals surface area contributed by atoms with Crippen molar-refractivity contribution in [1.82, 2.24) is 5.32 Å². The minimum atomic E-state index is -0.788. The van der Waals surface area contributed by atoms with Crippen LogP contribution in [0.3, 0.4) is 0 Å². The fraction of sp³-hybridized carbons (Fsp3) is 0.0800. The molecule has 1 aliphatic rings. The lowest BCUT2D eigenvalue weighted by Crippen LogP contribution is -2.54. The van der Waals surface area contributed by atoms with Crippen LogP contribution in [0.25, 0.3) is 6.08 Å². The smallest absolute Gasteiger partial charge is 0.273 e. The minimum Gasteiger partial charge on any atom is -0.273 e. The predicted octanol–water partition coefficient (Wildman–Crippen LogP) is 5.15. The van der Waals surface area contributed by atoms with Crippen molar-refractivity contribution in [2.24, 2.45) is 0 Å². The molecule has 0 atom stereocenters. The normalized spacial score (nSPS) is 15.3. The second kappa shape index (κ2) is 8.88. The van der Waals surface area contributed by atoms with Crippen LogP contribution < -0.4 is 10.2 Å². The maximum atomic E-state index is 14.0. The fourth-order valence-corrected chi connectivity index (χ4v) is 4.01. The Hall–Kier alpha value is -3.58. The van der Waals surface area contributed by atoms with Gasteiger partial charge in [-0.15, -0.1) is 0 Å². The second-order valence-electron chi connectivity index (χ2n) is 7.42. The molecule has 4 amide bonds. The highest BCUT2D eigenvalue weighted by Crippen LogP contribution is 2.26. The number of hydrogen-bond acceptors (Lipinski definition) is 3. The van der Waals surface area contributed by atoms with Gasteiger partial charge in [0.1, 0.15) is 11.4 Å². The molecule has 7 heteroatoms. The highest BCUT2D eigenvalue weighted by molar-refractivity contribution is 9.10. The molecule has 1 saturated heterocycles. The van der Waals surface area contributed by atoms with Crippen molar-refractivity contribution in [2.75, 3.05) is 4.90 Å². The van der Waals surface area contributed by atoms with Crippen LogP contribution in [-0.4, -0.2) is 17.8 Å². The molecule has 0 aliphatic carbocycles. The molecule has 0 spiro atoms. The van der Waals surface area contributed by atoms with E-state index in [1.54, 1.807) is 54.6 Å². The van der Waals surface area contributed by atoms with Gasteiger partial charge in [0, 0.05) is 10.9 Å². The zero-order valence-corrected chi connectivity index (χ0v) is 18.6. The Morgan fingerprint density at radius 2 is 1.75 bits per heavy atom. The number of urea groups is 1. The zero-order valence-electron chi connectivity index (χ0n) is 17.1. The molecule has 1 aliphatic heterocycles. The largest absolute Gasteiger partial charge is 0.335 e. The lowest BCUT2D eigenvalue weighted by molar-refractivity contribution is -0.122.